The van der Waals surface area contributed by atoms with Crippen molar-refractivity contribution < 1.29 is 9.59 Å². The number of carbonyl (C=O) groups is 2. The quantitative estimate of drug-likeness (QED) is 0.493. The van der Waals surface area contributed by atoms with Gasteiger partial charge in [0.05, 0.1) is 29.7 Å². The molecule has 0 unspecified atom stereocenters. The van der Waals surface area contributed by atoms with Crippen molar-refractivity contribution in [1.29, 1.82) is 5.26 Å². The Morgan fingerprint density at radius 2 is 1.86 bits per heavy atom. The predicted molar refractivity (Wildman–Crippen MR) is 133 cm³/mol. The molecule has 1 aliphatic carbocycles. The van der Waals surface area contributed by atoms with Crippen molar-refractivity contribution in [2.24, 2.45) is 5.92 Å². The average Bonchev–Trinajstić information content (AvgIpc) is 3.66. The molecule has 3 aromatic rings. The number of hydrogen-bond donors (Lipinski definition) is 2. The predicted octanol–water partition coefficient (Wildman–Crippen LogP) is 3.22. The van der Waals surface area contributed by atoms with Gasteiger partial charge in [-0.15, -0.1) is 0 Å². The van der Waals surface area contributed by atoms with Gasteiger partial charge in [-0.3, -0.25) is 14.3 Å². The topological polar surface area (TPSA) is 129 Å². The summed E-state index contributed by atoms with van der Waals surface area (Å²) in [6.45, 7) is 3.47. The molecule has 10 heteroatoms. The van der Waals surface area contributed by atoms with Gasteiger partial charge in [-0.2, -0.15) is 10.4 Å². The number of likely N-dealkylation sites (tertiary alicyclic amines) is 1. The molecule has 2 N–H and O–H groups in total. The van der Waals surface area contributed by atoms with Gasteiger partial charge in [0.2, 0.25) is 11.9 Å². The van der Waals surface area contributed by atoms with E-state index in [1.54, 1.807) is 24.5 Å². The number of benzene rings is 1. The van der Waals surface area contributed by atoms with E-state index in [9.17, 15) is 9.59 Å². The Balaban J connectivity index is 1.23. The minimum Gasteiger partial charge on any atom is -0.342 e. The maximum absolute atomic E-state index is 12.3. The van der Waals surface area contributed by atoms with Gasteiger partial charge in [-0.05, 0) is 50.3 Å². The van der Waals surface area contributed by atoms with Crippen LogP contribution in [0.1, 0.15) is 47.6 Å². The third-order valence-corrected chi connectivity index (χ3v) is 6.65. The fraction of sp³-hybridized carbons (Fsp3) is 0.385. The van der Waals surface area contributed by atoms with E-state index in [0.29, 0.717) is 17.4 Å². The molecule has 36 heavy (non-hydrogen) atoms. The highest BCUT2D eigenvalue weighted by Crippen LogP contribution is 2.33. The molecule has 1 saturated carbocycles. The van der Waals surface area contributed by atoms with Gasteiger partial charge < -0.3 is 15.5 Å². The molecule has 1 aromatic carbocycles. The summed E-state index contributed by atoms with van der Waals surface area (Å²) in [5.41, 5.74) is 3.81. The van der Waals surface area contributed by atoms with Crippen molar-refractivity contribution in [1.82, 2.24) is 30.0 Å². The van der Waals surface area contributed by atoms with Crippen molar-refractivity contribution >= 4 is 23.5 Å². The summed E-state index contributed by atoms with van der Waals surface area (Å²) in [7, 11) is 0. The van der Waals surface area contributed by atoms with Crippen molar-refractivity contribution in [2.75, 3.05) is 25.0 Å². The third-order valence-electron chi connectivity index (χ3n) is 6.65. The van der Waals surface area contributed by atoms with Crippen LogP contribution in [-0.4, -0.2) is 56.1 Å². The molecule has 2 fully saturated rings. The summed E-state index contributed by atoms with van der Waals surface area (Å²) >= 11 is 0. The molecule has 0 bridgehead atoms. The fourth-order valence-corrected chi connectivity index (χ4v) is 4.47. The van der Waals surface area contributed by atoms with Crippen LogP contribution >= 0.6 is 0 Å². The number of aromatic nitrogens is 4. The first-order chi connectivity index (χ1) is 17.5. The number of hydrogen-bond acceptors (Lipinski definition) is 7. The lowest BCUT2D eigenvalue weighted by Gasteiger charge is -2.32. The van der Waals surface area contributed by atoms with Gasteiger partial charge in [0, 0.05) is 42.5 Å². The molecule has 10 nitrogen and oxygen atoms in total. The molecule has 0 spiro atoms. The number of amides is 2. The van der Waals surface area contributed by atoms with Crippen molar-refractivity contribution in [3.63, 3.8) is 0 Å². The highest BCUT2D eigenvalue weighted by Gasteiger charge is 2.35. The molecular weight excluding hydrogens is 456 g/mol. The van der Waals surface area contributed by atoms with Crippen LogP contribution < -0.4 is 10.6 Å². The molecule has 1 aliphatic heterocycles. The van der Waals surface area contributed by atoms with Crippen LogP contribution in [0.15, 0.2) is 42.9 Å². The first-order valence-corrected chi connectivity index (χ1v) is 12.2. The zero-order valence-corrected chi connectivity index (χ0v) is 20.1. The summed E-state index contributed by atoms with van der Waals surface area (Å²) in [5, 5.41) is 18.9. The summed E-state index contributed by atoms with van der Waals surface area (Å²) < 4.78 is 1.96. The molecule has 3 heterocycles. The molecule has 2 aromatic heterocycles. The monoisotopic (exact) mass is 484 g/mol. The molecule has 2 aliphatic rings. The minimum atomic E-state index is -0.290. The van der Waals surface area contributed by atoms with Crippen LogP contribution in [0.25, 0.3) is 11.3 Å². The van der Waals surface area contributed by atoms with Crippen LogP contribution in [0.4, 0.5) is 11.6 Å². The fourth-order valence-electron chi connectivity index (χ4n) is 4.47. The lowest BCUT2D eigenvalue weighted by Crippen LogP contribution is -2.39. The van der Waals surface area contributed by atoms with Crippen LogP contribution in [0.3, 0.4) is 0 Å². The minimum absolute atomic E-state index is 0.0312. The molecular formula is C26H28N8O2. The molecule has 5 rings (SSSR count). The number of rotatable bonds is 7. The van der Waals surface area contributed by atoms with Crippen molar-refractivity contribution in [3.05, 3.63) is 54.0 Å². The smallest absolute Gasteiger partial charge is 0.252 e. The van der Waals surface area contributed by atoms with Crippen molar-refractivity contribution in [2.45, 2.75) is 38.6 Å². The van der Waals surface area contributed by atoms with Crippen LogP contribution in [0.2, 0.25) is 0 Å². The van der Waals surface area contributed by atoms with E-state index in [0.717, 1.165) is 61.3 Å². The Morgan fingerprint density at radius 1 is 1.11 bits per heavy atom. The van der Waals surface area contributed by atoms with E-state index in [1.165, 1.54) is 0 Å². The van der Waals surface area contributed by atoms with Crippen molar-refractivity contribution in [3.8, 4) is 17.3 Å². The van der Waals surface area contributed by atoms with E-state index in [4.69, 9.17) is 5.26 Å². The number of carbonyl (C=O) groups excluding carboxylic acids is 2. The van der Waals surface area contributed by atoms with E-state index in [2.05, 4.69) is 25.7 Å². The molecule has 184 valence electrons. The van der Waals surface area contributed by atoms with Gasteiger partial charge >= 0.3 is 0 Å². The number of anilines is 2. The highest BCUT2D eigenvalue weighted by atomic mass is 16.2. The van der Waals surface area contributed by atoms with Gasteiger partial charge in [-0.1, -0.05) is 12.1 Å². The van der Waals surface area contributed by atoms with Gasteiger partial charge in [-0.25, -0.2) is 9.97 Å². The normalized spacial score (nSPS) is 15.8. The Bertz CT molecular complexity index is 1300. The second-order valence-electron chi connectivity index (χ2n) is 9.31. The highest BCUT2D eigenvalue weighted by molar-refractivity contribution is 5.94. The first-order valence-electron chi connectivity index (χ1n) is 12.2. The summed E-state index contributed by atoms with van der Waals surface area (Å²) in [5.74, 6) is 0.756. The summed E-state index contributed by atoms with van der Waals surface area (Å²) in [4.78, 5) is 35.5. The molecule has 0 atom stereocenters. The van der Waals surface area contributed by atoms with Gasteiger partial charge in [0.15, 0.2) is 0 Å². The summed E-state index contributed by atoms with van der Waals surface area (Å²) in [6.07, 6.45) is 9.36. The first kappa shape index (κ1) is 23.5. The van der Waals surface area contributed by atoms with E-state index in [1.807, 2.05) is 40.9 Å². The van der Waals surface area contributed by atoms with E-state index >= 15 is 0 Å². The maximum atomic E-state index is 12.3. The molecule has 1 saturated heterocycles. The summed E-state index contributed by atoms with van der Waals surface area (Å²) in [6, 6.07) is 9.25. The molecule has 0 radical (unpaired) electrons. The Hall–Kier alpha value is -4.26. The maximum Gasteiger partial charge on any atom is 0.252 e. The zero-order valence-electron chi connectivity index (χ0n) is 20.1. The second kappa shape index (κ2) is 10.2. The SMILES string of the molecule is Cc1cnc(Nc2cnn(C3CCN(C(=O)C4CC4)CC3)c2)nc1-c1ccc(C(=O)NCC#N)cc1. The lowest BCUT2D eigenvalue weighted by atomic mass is 10.0. The van der Waals surface area contributed by atoms with Crippen LogP contribution in [-0.2, 0) is 4.79 Å². The third kappa shape index (κ3) is 5.20. The molecule has 2 amide bonds. The Morgan fingerprint density at radius 3 is 2.56 bits per heavy atom. The number of nitriles is 1. The van der Waals surface area contributed by atoms with Crippen LogP contribution in [0, 0.1) is 24.2 Å². The van der Waals surface area contributed by atoms with E-state index in [-0.39, 0.29) is 24.4 Å². The van der Waals surface area contributed by atoms with Gasteiger partial charge in [0.25, 0.3) is 5.91 Å². The number of piperidine rings is 1. The number of aryl methyl sites for hydroxylation is 1. The van der Waals surface area contributed by atoms with Gasteiger partial charge in [0.1, 0.15) is 6.54 Å². The number of nitrogens with one attached hydrogen (secondary N) is 2. The zero-order chi connectivity index (χ0) is 25.1. The van der Waals surface area contributed by atoms with E-state index < -0.39 is 0 Å². The Labute approximate surface area is 209 Å². The van der Waals surface area contributed by atoms with Crippen LogP contribution in [0.5, 0.6) is 0 Å². The average molecular weight is 485 g/mol. The Kier molecular flexibility index (Phi) is 6.62. The largest absolute Gasteiger partial charge is 0.342 e. The standard InChI is InChI=1S/C26H28N8O2/c1-17-14-29-26(32-23(17)18-2-4-19(5-3-18)24(35)28-11-10-27)31-21-15-30-34(16-21)22-8-12-33(13-9-22)25(36)20-6-7-20/h2-5,14-16,20,22H,6-9,11-13H2,1H3,(H,28,35)(H,29,31,32). The number of nitrogens with zero attached hydrogens (tertiary/aromatic N) is 6. The second-order valence-corrected chi connectivity index (χ2v) is 9.31. The lowest BCUT2D eigenvalue weighted by molar-refractivity contribution is -0.133.